The molecule has 0 saturated carbocycles. The third-order valence-corrected chi connectivity index (χ3v) is 3.23. The Morgan fingerprint density at radius 3 is 2.88 bits per heavy atom. The van der Waals surface area contributed by atoms with Crippen molar-refractivity contribution in [2.75, 3.05) is 40.0 Å². The number of ether oxygens (including phenoxy) is 2. The van der Waals surface area contributed by atoms with Crippen LogP contribution in [0.1, 0.15) is 18.4 Å². The average molecular weight is 257 g/mol. The number of thiophene rings is 1. The number of unbranched alkanes of at least 4 members (excludes halogenated alkanes) is 1. The summed E-state index contributed by atoms with van der Waals surface area (Å²) >= 11 is 1.77. The molecule has 0 atom stereocenters. The van der Waals surface area contributed by atoms with E-state index in [0.717, 1.165) is 32.5 Å². The van der Waals surface area contributed by atoms with Crippen molar-refractivity contribution in [3.63, 3.8) is 0 Å². The Morgan fingerprint density at radius 1 is 1.18 bits per heavy atom. The first-order valence-electron chi connectivity index (χ1n) is 6.22. The number of nitrogens with one attached hydrogen (secondary N) is 1. The average Bonchev–Trinajstić information content (AvgIpc) is 2.85. The molecule has 0 aromatic carbocycles. The topological polar surface area (TPSA) is 30.5 Å². The van der Waals surface area contributed by atoms with Gasteiger partial charge in [-0.2, -0.15) is 11.3 Å². The summed E-state index contributed by atoms with van der Waals surface area (Å²) in [5.41, 5.74) is 1.44. The van der Waals surface area contributed by atoms with E-state index in [1.165, 1.54) is 12.0 Å². The van der Waals surface area contributed by atoms with Crippen molar-refractivity contribution in [2.24, 2.45) is 0 Å². The Hall–Kier alpha value is -0.420. The van der Waals surface area contributed by atoms with E-state index in [0.29, 0.717) is 13.2 Å². The lowest BCUT2D eigenvalue weighted by atomic mass is 10.2. The molecule has 17 heavy (non-hydrogen) atoms. The molecule has 4 heteroatoms. The maximum absolute atomic E-state index is 5.39. The lowest BCUT2D eigenvalue weighted by molar-refractivity contribution is 0.0688. The first-order valence-corrected chi connectivity index (χ1v) is 7.16. The van der Waals surface area contributed by atoms with E-state index in [1.807, 2.05) is 0 Å². The molecular formula is C13H23NO2S. The van der Waals surface area contributed by atoms with Gasteiger partial charge in [0.15, 0.2) is 0 Å². The van der Waals surface area contributed by atoms with Crippen molar-refractivity contribution in [3.8, 4) is 0 Å². The first-order chi connectivity index (χ1) is 8.43. The largest absolute Gasteiger partial charge is 0.382 e. The van der Waals surface area contributed by atoms with E-state index >= 15 is 0 Å². The Morgan fingerprint density at radius 2 is 2.12 bits per heavy atom. The van der Waals surface area contributed by atoms with Crippen molar-refractivity contribution in [1.82, 2.24) is 5.32 Å². The zero-order valence-electron chi connectivity index (χ0n) is 10.6. The summed E-state index contributed by atoms with van der Waals surface area (Å²) < 4.78 is 10.3. The third kappa shape index (κ3) is 8.32. The highest BCUT2D eigenvalue weighted by molar-refractivity contribution is 7.07. The Kier molecular flexibility index (Phi) is 9.23. The second kappa shape index (κ2) is 10.7. The summed E-state index contributed by atoms with van der Waals surface area (Å²) in [6.45, 7) is 4.40. The summed E-state index contributed by atoms with van der Waals surface area (Å²) in [4.78, 5) is 0. The van der Waals surface area contributed by atoms with Crippen molar-refractivity contribution in [3.05, 3.63) is 22.4 Å². The van der Waals surface area contributed by atoms with Crippen LogP contribution in [0.4, 0.5) is 0 Å². The lowest BCUT2D eigenvalue weighted by Crippen LogP contribution is -2.18. The molecule has 1 rings (SSSR count). The zero-order valence-corrected chi connectivity index (χ0v) is 11.4. The maximum atomic E-state index is 5.39. The highest BCUT2D eigenvalue weighted by Gasteiger charge is 1.93. The van der Waals surface area contributed by atoms with Gasteiger partial charge in [0, 0.05) is 13.7 Å². The van der Waals surface area contributed by atoms with Crippen LogP contribution >= 0.6 is 11.3 Å². The second-order valence-electron chi connectivity index (χ2n) is 3.94. The number of rotatable bonds is 11. The van der Waals surface area contributed by atoms with Crippen LogP contribution in [0.25, 0.3) is 0 Å². The van der Waals surface area contributed by atoms with Gasteiger partial charge in [-0.25, -0.2) is 0 Å². The summed E-state index contributed by atoms with van der Waals surface area (Å²) in [5, 5.41) is 7.80. The summed E-state index contributed by atoms with van der Waals surface area (Å²) in [7, 11) is 1.70. The minimum Gasteiger partial charge on any atom is -0.382 e. The Balaban J connectivity index is 1.76. The molecule has 1 N–H and O–H groups in total. The van der Waals surface area contributed by atoms with Gasteiger partial charge >= 0.3 is 0 Å². The van der Waals surface area contributed by atoms with Crippen molar-refractivity contribution >= 4 is 11.3 Å². The van der Waals surface area contributed by atoms with E-state index in [1.54, 1.807) is 18.4 Å². The van der Waals surface area contributed by atoms with Crippen LogP contribution < -0.4 is 5.32 Å². The number of hydrogen-bond acceptors (Lipinski definition) is 4. The van der Waals surface area contributed by atoms with Crippen LogP contribution in [0.5, 0.6) is 0 Å². The molecule has 0 spiro atoms. The van der Waals surface area contributed by atoms with Crippen molar-refractivity contribution in [2.45, 2.75) is 19.3 Å². The molecule has 3 nitrogen and oxygen atoms in total. The highest BCUT2D eigenvalue weighted by Crippen LogP contribution is 2.05. The van der Waals surface area contributed by atoms with Crippen LogP contribution in [0, 0.1) is 0 Å². The van der Waals surface area contributed by atoms with Gasteiger partial charge in [-0.15, -0.1) is 0 Å². The molecule has 1 heterocycles. The van der Waals surface area contributed by atoms with Gasteiger partial charge in [-0.1, -0.05) is 0 Å². The number of hydrogen-bond donors (Lipinski definition) is 1. The monoisotopic (exact) mass is 257 g/mol. The van der Waals surface area contributed by atoms with Crippen LogP contribution in [0.15, 0.2) is 16.8 Å². The Labute approximate surface area is 108 Å². The van der Waals surface area contributed by atoms with Gasteiger partial charge in [0.2, 0.25) is 0 Å². The molecular weight excluding hydrogens is 234 g/mol. The van der Waals surface area contributed by atoms with E-state index < -0.39 is 0 Å². The molecule has 0 aliphatic rings. The first kappa shape index (κ1) is 14.6. The third-order valence-electron chi connectivity index (χ3n) is 2.49. The van der Waals surface area contributed by atoms with Crippen molar-refractivity contribution < 1.29 is 9.47 Å². The molecule has 1 aromatic rings. The summed E-state index contributed by atoms with van der Waals surface area (Å²) in [5.74, 6) is 0. The van der Waals surface area contributed by atoms with E-state index in [9.17, 15) is 0 Å². The fourth-order valence-corrected chi connectivity index (χ4v) is 2.19. The fraction of sp³-hybridized carbons (Fsp3) is 0.692. The molecule has 0 bridgehead atoms. The molecule has 0 amide bonds. The molecule has 0 aliphatic heterocycles. The van der Waals surface area contributed by atoms with Crippen molar-refractivity contribution in [1.29, 1.82) is 0 Å². The van der Waals surface area contributed by atoms with Gasteiger partial charge < -0.3 is 14.8 Å². The van der Waals surface area contributed by atoms with E-state index in [-0.39, 0.29) is 0 Å². The second-order valence-corrected chi connectivity index (χ2v) is 4.72. The molecule has 0 unspecified atom stereocenters. The maximum Gasteiger partial charge on any atom is 0.0700 e. The van der Waals surface area contributed by atoms with Crippen LogP contribution in [-0.4, -0.2) is 40.0 Å². The highest BCUT2D eigenvalue weighted by atomic mass is 32.1. The molecule has 1 aromatic heterocycles. The van der Waals surface area contributed by atoms with Gasteiger partial charge in [0.25, 0.3) is 0 Å². The molecule has 0 fully saturated rings. The van der Waals surface area contributed by atoms with Crippen LogP contribution in [0.3, 0.4) is 0 Å². The van der Waals surface area contributed by atoms with Crippen LogP contribution in [-0.2, 0) is 15.9 Å². The van der Waals surface area contributed by atoms with Gasteiger partial charge in [0.05, 0.1) is 13.2 Å². The number of methoxy groups -OCH3 is 1. The van der Waals surface area contributed by atoms with Crippen LogP contribution in [0.2, 0.25) is 0 Å². The SMILES string of the molecule is COCCOCCCCNCCc1ccsc1. The standard InChI is InChI=1S/C13H23NO2S/c1-15-9-10-16-8-3-2-6-14-7-4-13-5-11-17-12-13/h5,11-12,14H,2-4,6-10H2,1H3. The Bertz CT molecular complexity index is 252. The summed E-state index contributed by atoms with van der Waals surface area (Å²) in [6, 6.07) is 2.19. The van der Waals surface area contributed by atoms with E-state index in [2.05, 4.69) is 22.1 Å². The zero-order chi connectivity index (χ0) is 12.2. The summed E-state index contributed by atoms with van der Waals surface area (Å²) in [6.07, 6.45) is 3.43. The normalized spacial score (nSPS) is 10.9. The van der Waals surface area contributed by atoms with Gasteiger partial charge in [-0.3, -0.25) is 0 Å². The predicted molar refractivity (Wildman–Crippen MR) is 72.8 cm³/mol. The van der Waals surface area contributed by atoms with Gasteiger partial charge in [0.1, 0.15) is 0 Å². The lowest BCUT2D eigenvalue weighted by Gasteiger charge is -2.05. The quantitative estimate of drug-likeness (QED) is 0.617. The minimum atomic E-state index is 0.693. The van der Waals surface area contributed by atoms with Gasteiger partial charge in [-0.05, 0) is 54.7 Å². The smallest absolute Gasteiger partial charge is 0.0700 e. The molecule has 0 radical (unpaired) electrons. The minimum absolute atomic E-state index is 0.693. The molecule has 0 aliphatic carbocycles. The molecule has 98 valence electrons. The molecule has 0 saturated heterocycles. The predicted octanol–water partition coefficient (Wildman–Crippen LogP) is 2.32. The van der Waals surface area contributed by atoms with E-state index in [4.69, 9.17) is 9.47 Å². The fourth-order valence-electron chi connectivity index (χ4n) is 1.49.